The molecule has 0 heterocycles. The number of nitrogens with two attached hydrogens (primary N) is 1. The Morgan fingerprint density at radius 2 is 1.94 bits per heavy atom. The summed E-state index contributed by atoms with van der Waals surface area (Å²) >= 11 is 2.29. The van der Waals surface area contributed by atoms with E-state index in [4.69, 9.17) is 5.73 Å². The Hall–Kier alpha value is -0.450. The highest BCUT2D eigenvalue weighted by atomic mass is 127. The molecule has 0 bridgehead atoms. The van der Waals surface area contributed by atoms with E-state index in [2.05, 4.69) is 47.0 Å². The van der Waals surface area contributed by atoms with Crippen molar-refractivity contribution < 1.29 is 0 Å². The van der Waals surface area contributed by atoms with Gasteiger partial charge in [0.1, 0.15) is 0 Å². The zero-order chi connectivity index (χ0) is 11.6. The molecule has 0 radical (unpaired) electrons. The molecule has 1 fully saturated rings. The minimum Gasteiger partial charge on any atom is -0.397 e. The Morgan fingerprint density at radius 3 is 2.56 bits per heavy atom. The smallest absolute Gasteiger partial charge is 0.0578 e. The maximum Gasteiger partial charge on any atom is 0.0578 e. The van der Waals surface area contributed by atoms with Gasteiger partial charge < -0.3 is 11.1 Å². The number of anilines is 2. The lowest BCUT2D eigenvalue weighted by atomic mass is 9.83. The molecule has 0 unspecified atom stereocenters. The van der Waals surface area contributed by atoms with Crippen molar-refractivity contribution in [1.82, 2.24) is 0 Å². The van der Waals surface area contributed by atoms with Crippen LogP contribution in [-0.4, -0.2) is 5.54 Å². The maximum absolute atomic E-state index is 6.03. The quantitative estimate of drug-likeness (QED) is 0.635. The van der Waals surface area contributed by atoms with E-state index >= 15 is 0 Å². The van der Waals surface area contributed by atoms with Gasteiger partial charge in [-0.05, 0) is 60.6 Å². The lowest BCUT2D eigenvalue weighted by molar-refractivity contribution is 0.349. The summed E-state index contributed by atoms with van der Waals surface area (Å²) in [5, 5.41) is 3.62. The van der Waals surface area contributed by atoms with E-state index < -0.39 is 0 Å². The van der Waals surface area contributed by atoms with Crippen LogP contribution in [0.2, 0.25) is 0 Å². The molecule has 1 saturated carbocycles. The van der Waals surface area contributed by atoms with Gasteiger partial charge in [-0.3, -0.25) is 0 Å². The van der Waals surface area contributed by atoms with Gasteiger partial charge in [0.25, 0.3) is 0 Å². The van der Waals surface area contributed by atoms with Crippen molar-refractivity contribution >= 4 is 34.0 Å². The topological polar surface area (TPSA) is 38.0 Å². The van der Waals surface area contributed by atoms with Crippen molar-refractivity contribution in [2.24, 2.45) is 0 Å². The predicted octanol–water partition coefficient (Wildman–Crippen LogP) is 4.01. The minimum atomic E-state index is 0.235. The molecular formula is C13H19IN2. The largest absolute Gasteiger partial charge is 0.397 e. The van der Waals surface area contributed by atoms with Crippen LogP contribution in [0.4, 0.5) is 11.4 Å². The van der Waals surface area contributed by atoms with E-state index in [-0.39, 0.29) is 5.54 Å². The molecule has 1 aromatic rings. The second-order valence-corrected chi connectivity index (χ2v) is 6.22. The van der Waals surface area contributed by atoms with Crippen LogP contribution in [-0.2, 0) is 0 Å². The third-order valence-corrected chi connectivity index (χ3v) is 4.08. The first-order valence-corrected chi connectivity index (χ1v) is 7.00. The Kier molecular flexibility index (Phi) is 3.62. The molecule has 1 aliphatic carbocycles. The zero-order valence-corrected chi connectivity index (χ0v) is 11.9. The molecule has 0 spiro atoms. The fourth-order valence-corrected chi connectivity index (χ4v) is 2.94. The number of nitrogens with one attached hydrogen (secondary N) is 1. The molecule has 0 amide bonds. The third kappa shape index (κ3) is 2.81. The van der Waals surface area contributed by atoms with Crippen molar-refractivity contribution in [3.05, 3.63) is 21.8 Å². The molecule has 2 rings (SSSR count). The standard InChI is InChI=1S/C13H19IN2/c1-13(7-3-2-4-8-13)16-12-6-5-10(14)9-11(12)15/h5-6,9,16H,2-4,7-8,15H2,1H3. The SMILES string of the molecule is CC1(Nc2ccc(I)cc2N)CCCCC1. The van der Waals surface area contributed by atoms with Crippen LogP contribution in [0.5, 0.6) is 0 Å². The van der Waals surface area contributed by atoms with Crippen LogP contribution in [0.25, 0.3) is 0 Å². The molecule has 2 nitrogen and oxygen atoms in total. The highest BCUT2D eigenvalue weighted by molar-refractivity contribution is 14.1. The summed E-state index contributed by atoms with van der Waals surface area (Å²) in [5.74, 6) is 0. The number of hydrogen-bond donors (Lipinski definition) is 2. The molecule has 0 aliphatic heterocycles. The molecule has 1 aromatic carbocycles. The zero-order valence-electron chi connectivity index (χ0n) is 9.72. The van der Waals surface area contributed by atoms with Crippen LogP contribution in [0.1, 0.15) is 39.0 Å². The summed E-state index contributed by atoms with van der Waals surface area (Å²) in [6.07, 6.45) is 6.53. The summed E-state index contributed by atoms with van der Waals surface area (Å²) in [4.78, 5) is 0. The maximum atomic E-state index is 6.03. The van der Waals surface area contributed by atoms with Gasteiger partial charge in [0, 0.05) is 9.11 Å². The lowest BCUT2D eigenvalue weighted by Crippen LogP contribution is -2.36. The number of rotatable bonds is 2. The number of halogens is 1. The molecule has 3 heteroatoms. The summed E-state index contributed by atoms with van der Waals surface area (Å²) in [6, 6.07) is 6.22. The molecular weight excluding hydrogens is 311 g/mol. The Balaban J connectivity index is 2.13. The first kappa shape index (κ1) is 12.0. The minimum absolute atomic E-state index is 0.235. The molecule has 0 aromatic heterocycles. The first-order valence-electron chi connectivity index (χ1n) is 5.92. The predicted molar refractivity (Wildman–Crippen MR) is 78.7 cm³/mol. The number of hydrogen-bond acceptors (Lipinski definition) is 2. The van der Waals surface area contributed by atoms with Gasteiger partial charge in [-0.2, -0.15) is 0 Å². The Labute approximate surface area is 111 Å². The van der Waals surface area contributed by atoms with E-state index in [9.17, 15) is 0 Å². The van der Waals surface area contributed by atoms with Crippen molar-refractivity contribution in [3.63, 3.8) is 0 Å². The highest BCUT2D eigenvalue weighted by Gasteiger charge is 2.26. The van der Waals surface area contributed by atoms with Crippen molar-refractivity contribution in [3.8, 4) is 0 Å². The summed E-state index contributed by atoms with van der Waals surface area (Å²) in [6.45, 7) is 2.31. The van der Waals surface area contributed by atoms with Crippen LogP contribution in [0.3, 0.4) is 0 Å². The number of benzene rings is 1. The van der Waals surface area contributed by atoms with Crippen molar-refractivity contribution in [1.29, 1.82) is 0 Å². The van der Waals surface area contributed by atoms with Gasteiger partial charge in [0.15, 0.2) is 0 Å². The highest BCUT2D eigenvalue weighted by Crippen LogP contribution is 2.33. The molecule has 3 N–H and O–H groups in total. The average molecular weight is 330 g/mol. The number of nitrogen functional groups attached to an aromatic ring is 1. The van der Waals surface area contributed by atoms with E-state index in [1.807, 2.05) is 6.07 Å². The van der Waals surface area contributed by atoms with E-state index in [0.29, 0.717) is 0 Å². The fraction of sp³-hybridized carbons (Fsp3) is 0.538. The van der Waals surface area contributed by atoms with Crippen LogP contribution in [0.15, 0.2) is 18.2 Å². The van der Waals surface area contributed by atoms with Gasteiger partial charge in [-0.1, -0.05) is 19.3 Å². The summed E-state index contributed by atoms with van der Waals surface area (Å²) in [5.41, 5.74) is 8.21. The van der Waals surface area contributed by atoms with E-state index in [1.165, 1.54) is 35.7 Å². The third-order valence-electron chi connectivity index (χ3n) is 3.41. The second-order valence-electron chi connectivity index (χ2n) is 4.98. The molecule has 0 atom stereocenters. The van der Waals surface area contributed by atoms with E-state index in [1.54, 1.807) is 0 Å². The molecule has 0 saturated heterocycles. The van der Waals surface area contributed by atoms with E-state index in [0.717, 1.165) is 11.4 Å². The Bertz CT molecular complexity index is 370. The monoisotopic (exact) mass is 330 g/mol. The first-order chi connectivity index (χ1) is 7.59. The van der Waals surface area contributed by atoms with Crippen LogP contribution in [0, 0.1) is 3.57 Å². The Morgan fingerprint density at radius 1 is 1.25 bits per heavy atom. The van der Waals surface area contributed by atoms with Crippen LogP contribution >= 0.6 is 22.6 Å². The van der Waals surface area contributed by atoms with Crippen molar-refractivity contribution in [2.75, 3.05) is 11.1 Å². The van der Waals surface area contributed by atoms with Gasteiger partial charge in [-0.15, -0.1) is 0 Å². The second kappa shape index (κ2) is 4.82. The van der Waals surface area contributed by atoms with Gasteiger partial charge in [0.2, 0.25) is 0 Å². The fourth-order valence-electron chi connectivity index (χ4n) is 2.43. The van der Waals surface area contributed by atoms with Gasteiger partial charge in [0.05, 0.1) is 11.4 Å². The molecule has 88 valence electrons. The van der Waals surface area contributed by atoms with Crippen molar-refractivity contribution in [2.45, 2.75) is 44.6 Å². The summed E-state index contributed by atoms with van der Waals surface area (Å²) in [7, 11) is 0. The summed E-state index contributed by atoms with van der Waals surface area (Å²) < 4.78 is 1.19. The van der Waals surface area contributed by atoms with Crippen LogP contribution < -0.4 is 11.1 Å². The molecule has 16 heavy (non-hydrogen) atoms. The van der Waals surface area contributed by atoms with Gasteiger partial charge >= 0.3 is 0 Å². The average Bonchev–Trinajstić information content (AvgIpc) is 2.23. The lowest BCUT2D eigenvalue weighted by Gasteiger charge is -2.36. The normalized spacial score (nSPS) is 19.4. The molecule has 1 aliphatic rings. The van der Waals surface area contributed by atoms with Gasteiger partial charge in [-0.25, -0.2) is 0 Å².